The van der Waals surface area contributed by atoms with Crippen molar-refractivity contribution in [3.05, 3.63) is 75.6 Å². The summed E-state index contributed by atoms with van der Waals surface area (Å²) in [6.45, 7) is 5.00. The summed E-state index contributed by atoms with van der Waals surface area (Å²) >= 11 is 6.02. The fourth-order valence-corrected chi connectivity index (χ4v) is 5.04. The first-order valence-corrected chi connectivity index (χ1v) is 13.1. The minimum atomic E-state index is -0.681. The number of amides is 1. The molecule has 12 nitrogen and oxygen atoms in total. The number of fused-ring (bicyclic) bond motifs is 2. The van der Waals surface area contributed by atoms with E-state index in [4.69, 9.17) is 30.2 Å². The maximum absolute atomic E-state index is 12.6. The van der Waals surface area contributed by atoms with Gasteiger partial charge in [0.1, 0.15) is 29.9 Å². The highest BCUT2D eigenvalue weighted by Gasteiger charge is 2.41. The van der Waals surface area contributed by atoms with E-state index in [2.05, 4.69) is 9.88 Å². The molecule has 2 aliphatic heterocycles. The van der Waals surface area contributed by atoms with Gasteiger partial charge in [-0.15, -0.1) is 0 Å². The Hall–Kier alpha value is -4.45. The number of nitrogens with zero attached hydrogens (tertiary/aromatic N) is 5. The molecule has 1 fully saturated rings. The molecule has 0 radical (unpaired) electrons. The van der Waals surface area contributed by atoms with Crippen LogP contribution < -0.4 is 14.4 Å². The number of halogens is 1. The van der Waals surface area contributed by atoms with E-state index < -0.39 is 10.5 Å². The molecule has 1 saturated heterocycles. The Morgan fingerprint density at radius 1 is 1.15 bits per heavy atom. The zero-order valence-electron chi connectivity index (χ0n) is 21.6. The lowest BCUT2D eigenvalue weighted by Gasteiger charge is -2.35. The minimum absolute atomic E-state index is 0.0552. The monoisotopic (exact) mass is 567 g/mol. The molecule has 1 atom stereocenters. The van der Waals surface area contributed by atoms with Gasteiger partial charge in [-0.25, -0.2) is 4.79 Å². The van der Waals surface area contributed by atoms with Gasteiger partial charge in [-0.1, -0.05) is 11.6 Å². The van der Waals surface area contributed by atoms with Crippen LogP contribution in [0.2, 0.25) is 5.02 Å². The van der Waals surface area contributed by atoms with Gasteiger partial charge in [-0.2, -0.15) is 0 Å². The van der Waals surface area contributed by atoms with Crippen LogP contribution in [0.1, 0.15) is 12.7 Å². The second-order valence-electron chi connectivity index (χ2n) is 10.0. The minimum Gasteiger partial charge on any atom is -0.489 e. The van der Waals surface area contributed by atoms with Crippen molar-refractivity contribution in [1.29, 1.82) is 0 Å². The highest BCUT2D eigenvalue weighted by molar-refractivity contribution is 6.31. The van der Waals surface area contributed by atoms with Gasteiger partial charge in [0, 0.05) is 47.3 Å². The molecule has 0 bridgehead atoms. The predicted octanol–water partition coefficient (Wildman–Crippen LogP) is 4.88. The van der Waals surface area contributed by atoms with E-state index in [0.717, 1.165) is 11.1 Å². The quantitative estimate of drug-likeness (QED) is 0.227. The smallest absolute Gasteiger partial charge is 0.415 e. The summed E-state index contributed by atoms with van der Waals surface area (Å²) in [5.74, 6) is 1.01. The third-order valence-corrected chi connectivity index (χ3v) is 7.14. The van der Waals surface area contributed by atoms with Gasteiger partial charge in [-0.3, -0.25) is 4.57 Å². The molecule has 208 valence electrons. The van der Waals surface area contributed by atoms with Crippen LogP contribution in [0.3, 0.4) is 0 Å². The van der Waals surface area contributed by atoms with Crippen LogP contribution in [0.25, 0.3) is 11.0 Å². The molecule has 0 aliphatic carbocycles. The molecule has 2 aliphatic rings. The Balaban J connectivity index is 0.958. The molecule has 0 spiro atoms. The molecule has 2 aromatic heterocycles. The van der Waals surface area contributed by atoms with E-state index in [1.165, 1.54) is 6.20 Å². The first-order valence-electron chi connectivity index (χ1n) is 12.7. The number of nitro groups is 1. The van der Waals surface area contributed by atoms with Crippen molar-refractivity contribution >= 4 is 40.2 Å². The number of hydrogen-bond acceptors (Lipinski definition) is 9. The van der Waals surface area contributed by atoms with Gasteiger partial charge in [-0.05, 0) is 60.4 Å². The summed E-state index contributed by atoms with van der Waals surface area (Å²) < 4.78 is 24.6. The summed E-state index contributed by atoms with van der Waals surface area (Å²) in [6, 6.07) is 15.1. The third-order valence-electron chi connectivity index (χ3n) is 6.91. The zero-order chi connectivity index (χ0) is 27.9. The standard InChI is InChI=1S/C27H26ClN5O7/c1-27(16-32-14-24(33(35)36)29-25(32)40-27)17-38-21-5-3-20(4-6-21)30-8-10-31(11-9-30)26(34)37-15-22-13-18-12-19(28)2-7-23(18)39-22/h2-7,12-14H,8-11,15-17H2,1H3. The highest BCUT2D eigenvalue weighted by Crippen LogP contribution is 2.32. The van der Waals surface area contributed by atoms with Crippen molar-refractivity contribution in [2.24, 2.45) is 0 Å². The van der Waals surface area contributed by atoms with E-state index in [-0.39, 0.29) is 31.1 Å². The second-order valence-corrected chi connectivity index (χ2v) is 10.5. The fourth-order valence-electron chi connectivity index (χ4n) is 4.86. The van der Waals surface area contributed by atoms with Gasteiger partial charge in [0.15, 0.2) is 12.2 Å². The maximum Gasteiger partial charge on any atom is 0.415 e. The van der Waals surface area contributed by atoms with Gasteiger partial charge >= 0.3 is 17.9 Å². The second kappa shape index (κ2) is 10.3. The van der Waals surface area contributed by atoms with E-state index >= 15 is 0 Å². The predicted molar refractivity (Wildman–Crippen MR) is 145 cm³/mol. The number of carbonyl (C=O) groups is 1. The van der Waals surface area contributed by atoms with E-state index in [0.29, 0.717) is 54.8 Å². The Kier molecular flexibility index (Phi) is 6.62. The van der Waals surface area contributed by atoms with Crippen molar-refractivity contribution < 1.29 is 28.3 Å². The van der Waals surface area contributed by atoms with Crippen LogP contribution in [0.15, 0.2) is 59.1 Å². The average Bonchev–Trinajstić information content (AvgIpc) is 3.62. The largest absolute Gasteiger partial charge is 0.489 e. The topological polar surface area (TPSA) is 125 Å². The Labute approximate surface area is 233 Å². The molecule has 40 heavy (non-hydrogen) atoms. The number of hydrogen-bond donors (Lipinski definition) is 0. The molecule has 1 unspecified atom stereocenters. The number of anilines is 1. The number of ether oxygens (including phenoxy) is 3. The SMILES string of the molecule is CC1(COc2ccc(N3CCN(C(=O)OCc4cc5cc(Cl)ccc5o4)CC3)cc2)Cn2cc([N+](=O)[O-])nc2O1. The number of benzene rings is 2. The molecule has 0 saturated carbocycles. The molecule has 2 aromatic carbocycles. The van der Waals surface area contributed by atoms with Crippen molar-refractivity contribution in [3.63, 3.8) is 0 Å². The maximum atomic E-state index is 12.6. The summed E-state index contributed by atoms with van der Waals surface area (Å²) in [5.41, 5.74) is 1.04. The molecular formula is C27H26ClN5O7. The van der Waals surface area contributed by atoms with Crippen LogP contribution in [0.4, 0.5) is 16.3 Å². The first-order chi connectivity index (χ1) is 19.2. The molecular weight excluding hydrogens is 542 g/mol. The highest BCUT2D eigenvalue weighted by atomic mass is 35.5. The summed E-state index contributed by atoms with van der Waals surface area (Å²) in [4.78, 5) is 30.7. The van der Waals surface area contributed by atoms with E-state index in [9.17, 15) is 14.9 Å². The van der Waals surface area contributed by atoms with E-state index in [1.54, 1.807) is 27.7 Å². The first kappa shape index (κ1) is 25.8. The summed E-state index contributed by atoms with van der Waals surface area (Å²) in [6.07, 6.45) is 0.993. The van der Waals surface area contributed by atoms with Gasteiger partial charge < -0.3 is 38.5 Å². The lowest BCUT2D eigenvalue weighted by atomic mass is 10.1. The van der Waals surface area contributed by atoms with Gasteiger partial charge in [0.05, 0.1) is 6.54 Å². The molecule has 4 aromatic rings. The molecule has 4 heterocycles. The van der Waals surface area contributed by atoms with Crippen LogP contribution in [-0.2, 0) is 17.9 Å². The number of carbonyl (C=O) groups excluding carboxylic acids is 1. The Morgan fingerprint density at radius 3 is 2.65 bits per heavy atom. The van der Waals surface area contributed by atoms with Crippen molar-refractivity contribution in [2.75, 3.05) is 37.7 Å². The molecule has 1 amide bonds. The number of imidazole rings is 1. The Morgan fingerprint density at radius 2 is 1.93 bits per heavy atom. The summed E-state index contributed by atoms with van der Waals surface area (Å²) in [5, 5.41) is 12.4. The van der Waals surface area contributed by atoms with Crippen LogP contribution in [0, 0.1) is 10.1 Å². The van der Waals surface area contributed by atoms with E-state index in [1.807, 2.05) is 37.3 Å². The molecule has 13 heteroatoms. The fraction of sp³-hybridized carbons (Fsp3) is 0.333. The average molecular weight is 568 g/mol. The Bertz CT molecular complexity index is 1540. The molecule has 0 N–H and O–H groups in total. The number of piperazine rings is 1. The van der Waals surface area contributed by atoms with Gasteiger partial charge in [0.25, 0.3) is 0 Å². The molecule has 6 rings (SSSR count). The number of rotatable bonds is 7. The summed E-state index contributed by atoms with van der Waals surface area (Å²) in [7, 11) is 0. The third kappa shape index (κ3) is 5.34. The number of furan rings is 1. The lowest BCUT2D eigenvalue weighted by Crippen LogP contribution is -2.48. The normalized spacial score (nSPS) is 18.4. The van der Waals surface area contributed by atoms with Crippen LogP contribution in [-0.4, -0.2) is 63.9 Å². The van der Waals surface area contributed by atoms with Crippen molar-refractivity contribution in [1.82, 2.24) is 14.5 Å². The zero-order valence-corrected chi connectivity index (χ0v) is 22.4. The number of aromatic nitrogens is 2. The van der Waals surface area contributed by atoms with Gasteiger partial charge in [0.2, 0.25) is 0 Å². The van der Waals surface area contributed by atoms with Crippen molar-refractivity contribution in [3.8, 4) is 11.8 Å². The van der Waals surface area contributed by atoms with Crippen molar-refractivity contribution in [2.45, 2.75) is 25.7 Å². The van der Waals surface area contributed by atoms with Crippen LogP contribution >= 0.6 is 11.6 Å². The van der Waals surface area contributed by atoms with Crippen LogP contribution in [0.5, 0.6) is 11.8 Å². The lowest BCUT2D eigenvalue weighted by molar-refractivity contribution is -0.389.